The molecule has 1 aromatic carbocycles. The molecule has 0 fully saturated rings. The molecule has 0 radical (unpaired) electrons. The molecule has 0 aliphatic heterocycles. The molecule has 0 heterocycles. The van der Waals surface area contributed by atoms with Gasteiger partial charge >= 0.3 is 0 Å². The van der Waals surface area contributed by atoms with Crippen LogP contribution in [0.5, 0.6) is 0 Å². The van der Waals surface area contributed by atoms with Gasteiger partial charge in [0, 0.05) is 5.88 Å². The number of aryl methyl sites for hydroxylation is 1. The molecular formula is C16H26ClN. The minimum Gasteiger partial charge on any atom is -0.306 e. The summed E-state index contributed by atoms with van der Waals surface area (Å²) in [6, 6.07) is 10.8. The van der Waals surface area contributed by atoms with Gasteiger partial charge in [-0.05, 0) is 57.8 Å². The molecule has 0 N–H and O–H groups in total. The van der Waals surface area contributed by atoms with Crippen LogP contribution in [0.2, 0.25) is 0 Å². The highest BCUT2D eigenvalue weighted by atomic mass is 35.5. The second kappa shape index (κ2) is 10.4. The Morgan fingerprint density at radius 1 is 0.889 bits per heavy atom. The maximum atomic E-state index is 5.66. The molecule has 0 amide bonds. The molecule has 18 heavy (non-hydrogen) atoms. The summed E-state index contributed by atoms with van der Waals surface area (Å²) in [7, 11) is 2.23. The summed E-state index contributed by atoms with van der Waals surface area (Å²) >= 11 is 5.66. The highest BCUT2D eigenvalue weighted by Gasteiger charge is 1.98. The van der Waals surface area contributed by atoms with E-state index in [-0.39, 0.29) is 0 Å². The monoisotopic (exact) mass is 267 g/mol. The lowest BCUT2D eigenvalue weighted by molar-refractivity contribution is 0.318. The molecular weight excluding hydrogens is 242 g/mol. The smallest absolute Gasteiger partial charge is 0.0223 e. The van der Waals surface area contributed by atoms with Gasteiger partial charge in [-0.15, -0.1) is 11.6 Å². The van der Waals surface area contributed by atoms with Crippen molar-refractivity contribution in [3.8, 4) is 0 Å². The van der Waals surface area contributed by atoms with Gasteiger partial charge in [-0.1, -0.05) is 36.8 Å². The summed E-state index contributed by atoms with van der Waals surface area (Å²) < 4.78 is 0. The molecule has 0 unspecified atom stereocenters. The van der Waals surface area contributed by atoms with Crippen LogP contribution < -0.4 is 0 Å². The third kappa shape index (κ3) is 7.73. The lowest BCUT2D eigenvalue weighted by atomic mass is 10.1. The van der Waals surface area contributed by atoms with Crippen LogP contribution >= 0.6 is 11.6 Å². The third-order valence-electron chi connectivity index (χ3n) is 3.27. The van der Waals surface area contributed by atoms with Crippen molar-refractivity contribution in [2.24, 2.45) is 0 Å². The molecule has 0 saturated carbocycles. The zero-order valence-corrected chi connectivity index (χ0v) is 12.3. The van der Waals surface area contributed by atoms with Crippen molar-refractivity contribution in [2.45, 2.75) is 38.5 Å². The largest absolute Gasteiger partial charge is 0.306 e. The number of halogens is 1. The zero-order valence-electron chi connectivity index (χ0n) is 11.6. The van der Waals surface area contributed by atoms with Crippen LogP contribution in [0.4, 0.5) is 0 Å². The van der Waals surface area contributed by atoms with Crippen LogP contribution in [0, 0.1) is 0 Å². The molecule has 1 nitrogen and oxygen atoms in total. The van der Waals surface area contributed by atoms with Gasteiger partial charge in [0.15, 0.2) is 0 Å². The Morgan fingerprint density at radius 3 is 2.22 bits per heavy atom. The number of hydrogen-bond donors (Lipinski definition) is 0. The van der Waals surface area contributed by atoms with Crippen molar-refractivity contribution in [3.05, 3.63) is 35.9 Å². The molecule has 2 heteroatoms. The van der Waals surface area contributed by atoms with Gasteiger partial charge in [0.1, 0.15) is 0 Å². The Bertz CT molecular complexity index is 286. The average molecular weight is 268 g/mol. The Balaban J connectivity index is 1.97. The predicted octanol–water partition coefficient (Wildman–Crippen LogP) is 4.35. The quantitative estimate of drug-likeness (QED) is 0.450. The first-order valence-electron chi connectivity index (χ1n) is 7.11. The van der Waals surface area contributed by atoms with E-state index in [9.17, 15) is 0 Å². The maximum Gasteiger partial charge on any atom is 0.0223 e. The molecule has 0 atom stereocenters. The molecule has 0 bridgehead atoms. The van der Waals surface area contributed by atoms with Gasteiger partial charge in [-0.2, -0.15) is 0 Å². The van der Waals surface area contributed by atoms with Crippen LogP contribution in [-0.4, -0.2) is 30.9 Å². The van der Waals surface area contributed by atoms with E-state index >= 15 is 0 Å². The first kappa shape index (κ1) is 15.5. The molecule has 102 valence electrons. The van der Waals surface area contributed by atoms with Gasteiger partial charge in [0.25, 0.3) is 0 Å². The molecule has 0 spiro atoms. The van der Waals surface area contributed by atoms with Crippen molar-refractivity contribution in [2.75, 3.05) is 26.0 Å². The van der Waals surface area contributed by atoms with Crippen molar-refractivity contribution in [1.82, 2.24) is 4.90 Å². The standard InChI is InChI=1S/C16H26ClN/c1-18(14-8-3-7-13-17)15-9-6-12-16-10-4-2-5-11-16/h2,4-5,10-11H,3,6-9,12-15H2,1H3. The van der Waals surface area contributed by atoms with Gasteiger partial charge in [-0.3, -0.25) is 0 Å². The van der Waals surface area contributed by atoms with Crippen LogP contribution in [0.3, 0.4) is 0 Å². The van der Waals surface area contributed by atoms with E-state index < -0.39 is 0 Å². The number of nitrogens with zero attached hydrogens (tertiary/aromatic N) is 1. The lowest BCUT2D eigenvalue weighted by Crippen LogP contribution is -2.21. The number of unbranched alkanes of at least 4 members (excludes halogenated alkanes) is 3. The molecule has 0 saturated heterocycles. The van der Waals surface area contributed by atoms with Gasteiger partial charge in [-0.25, -0.2) is 0 Å². The lowest BCUT2D eigenvalue weighted by Gasteiger charge is -2.16. The van der Waals surface area contributed by atoms with Gasteiger partial charge in [0.05, 0.1) is 0 Å². The van der Waals surface area contributed by atoms with Crippen LogP contribution in [-0.2, 0) is 6.42 Å². The number of alkyl halides is 1. The van der Waals surface area contributed by atoms with E-state index in [4.69, 9.17) is 11.6 Å². The number of benzene rings is 1. The first-order valence-corrected chi connectivity index (χ1v) is 7.65. The Morgan fingerprint density at radius 2 is 1.56 bits per heavy atom. The highest BCUT2D eigenvalue weighted by molar-refractivity contribution is 6.17. The van der Waals surface area contributed by atoms with Crippen molar-refractivity contribution in [3.63, 3.8) is 0 Å². The topological polar surface area (TPSA) is 3.24 Å². The van der Waals surface area contributed by atoms with Crippen LogP contribution in [0.1, 0.15) is 37.7 Å². The minimum atomic E-state index is 0.806. The minimum absolute atomic E-state index is 0.806. The summed E-state index contributed by atoms with van der Waals surface area (Å²) in [5.41, 5.74) is 1.46. The van der Waals surface area contributed by atoms with E-state index in [1.807, 2.05) is 0 Å². The maximum absolute atomic E-state index is 5.66. The summed E-state index contributed by atoms with van der Waals surface area (Å²) in [5.74, 6) is 0.806. The fraction of sp³-hybridized carbons (Fsp3) is 0.625. The Hall–Kier alpha value is -0.530. The zero-order chi connectivity index (χ0) is 13.1. The average Bonchev–Trinajstić information content (AvgIpc) is 2.41. The molecule has 0 aromatic heterocycles. The van der Waals surface area contributed by atoms with E-state index in [0.717, 1.165) is 12.3 Å². The second-order valence-corrected chi connectivity index (χ2v) is 5.37. The van der Waals surface area contributed by atoms with E-state index in [1.165, 1.54) is 50.8 Å². The van der Waals surface area contributed by atoms with Gasteiger partial charge in [0.2, 0.25) is 0 Å². The van der Waals surface area contributed by atoms with E-state index in [0.29, 0.717) is 0 Å². The second-order valence-electron chi connectivity index (χ2n) is 5.00. The van der Waals surface area contributed by atoms with Gasteiger partial charge < -0.3 is 4.90 Å². The fourth-order valence-electron chi connectivity index (χ4n) is 2.12. The fourth-order valence-corrected chi connectivity index (χ4v) is 2.31. The number of hydrogen-bond acceptors (Lipinski definition) is 1. The summed E-state index contributed by atoms with van der Waals surface area (Å²) in [4.78, 5) is 2.44. The Kier molecular flexibility index (Phi) is 8.97. The molecule has 0 aliphatic carbocycles. The highest BCUT2D eigenvalue weighted by Crippen LogP contribution is 2.05. The van der Waals surface area contributed by atoms with E-state index in [1.54, 1.807) is 0 Å². The van der Waals surface area contributed by atoms with Crippen LogP contribution in [0.25, 0.3) is 0 Å². The van der Waals surface area contributed by atoms with Crippen molar-refractivity contribution >= 4 is 11.6 Å². The SMILES string of the molecule is CN(CCCCCCl)CCCCc1ccccc1. The summed E-state index contributed by atoms with van der Waals surface area (Å²) in [5, 5.41) is 0. The van der Waals surface area contributed by atoms with Crippen molar-refractivity contribution < 1.29 is 0 Å². The van der Waals surface area contributed by atoms with Crippen molar-refractivity contribution in [1.29, 1.82) is 0 Å². The molecule has 0 aliphatic rings. The van der Waals surface area contributed by atoms with Crippen LogP contribution in [0.15, 0.2) is 30.3 Å². The number of rotatable bonds is 10. The normalized spacial score (nSPS) is 11.1. The molecule has 1 rings (SSSR count). The van der Waals surface area contributed by atoms with E-state index in [2.05, 4.69) is 42.3 Å². The summed E-state index contributed by atoms with van der Waals surface area (Å²) in [6.07, 6.45) is 7.49. The first-order chi connectivity index (χ1) is 8.83. The Labute approximate surface area is 117 Å². The third-order valence-corrected chi connectivity index (χ3v) is 3.54. The summed E-state index contributed by atoms with van der Waals surface area (Å²) in [6.45, 7) is 2.43. The molecule has 1 aromatic rings. The predicted molar refractivity (Wildman–Crippen MR) is 81.4 cm³/mol.